The van der Waals surface area contributed by atoms with E-state index in [1.54, 1.807) is 4.90 Å². The summed E-state index contributed by atoms with van der Waals surface area (Å²) in [6.45, 7) is 4.29. The van der Waals surface area contributed by atoms with Crippen molar-refractivity contribution in [3.05, 3.63) is 47.0 Å². The number of rotatable bonds is 3. The molecule has 1 aliphatic heterocycles. The first kappa shape index (κ1) is 16.1. The van der Waals surface area contributed by atoms with Gasteiger partial charge in [-0.1, -0.05) is 6.58 Å². The van der Waals surface area contributed by atoms with Crippen molar-refractivity contribution in [2.75, 3.05) is 18.4 Å². The molecule has 1 aromatic carbocycles. The molecule has 1 fully saturated rings. The van der Waals surface area contributed by atoms with E-state index in [0.29, 0.717) is 19.5 Å². The predicted octanol–water partition coefficient (Wildman–Crippen LogP) is 1.41. The number of nitrogens with zero attached hydrogens (tertiary/aromatic N) is 3. The highest BCUT2D eigenvalue weighted by molar-refractivity contribution is 5.87. The maximum Gasteiger partial charge on any atom is 0.261 e. The van der Waals surface area contributed by atoms with Gasteiger partial charge in [0, 0.05) is 26.2 Å². The van der Waals surface area contributed by atoms with E-state index in [1.165, 1.54) is 23.8 Å². The Hall–Kier alpha value is -2.77. The second kappa shape index (κ2) is 6.03. The topological polar surface area (TPSA) is 67.2 Å². The molecular weight excluding hydrogens is 318 g/mol. The van der Waals surface area contributed by atoms with Crippen molar-refractivity contribution in [2.24, 2.45) is 7.05 Å². The van der Waals surface area contributed by atoms with Crippen LogP contribution in [0.2, 0.25) is 0 Å². The molecule has 6 nitrogen and oxygen atoms in total. The molecule has 0 saturated carbocycles. The number of carbonyl (C=O) groups is 1. The van der Waals surface area contributed by atoms with Gasteiger partial charge in [-0.15, -0.1) is 0 Å². The highest BCUT2D eigenvalue weighted by Crippen LogP contribution is 2.26. The fraction of sp³-hybridized carbons (Fsp3) is 0.312. The maximum atomic E-state index is 14.3. The molecule has 1 amide bonds. The van der Waals surface area contributed by atoms with Crippen LogP contribution in [-0.4, -0.2) is 39.5 Å². The number of carbonyl (C=O) groups excluding carboxylic acids is 1. The number of fused-ring (bicyclic) bond motifs is 1. The molecule has 2 heterocycles. The first-order valence-electron chi connectivity index (χ1n) is 7.43. The molecule has 0 aliphatic carbocycles. The lowest BCUT2D eigenvalue weighted by atomic mass is 10.1. The molecule has 1 saturated heterocycles. The second-order valence-corrected chi connectivity index (χ2v) is 5.73. The van der Waals surface area contributed by atoms with Crippen LogP contribution in [0.15, 0.2) is 29.8 Å². The Morgan fingerprint density at radius 1 is 1.46 bits per heavy atom. The minimum atomic E-state index is -1.16. The third kappa shape index (κ3) is 2.64. The zero-order chi connectivity index (χ0) is 17.4. The van der Waals surface area contributed by atoms with Gasteiger partial charge in [-0.3, -0.25) is 9.59 Å². The minimum absolute atomic E-state index is 0.00146. The molecule has 3 rings (SSSR count). The summed E-state index contributed by atoms with van der Waals surface area (Å²) in [7, 11) is 1.48. The number of amides is 1. The third-order valence-electron chi connectivity index (χ3n) is 4.13. The molecule has 1 aromatic heterocycles. The van der Waals surface area contributed by atoms with Gasteiger partial charge in [0.25, 0.3) is 5.56 Å². The Balaban J connectivity index is 1.94. The molecule has 1 N–H and O–H groups in total. The van der Waals surface area contributed by atoms with E-state index >= 15 is 0 Å². The fourth-order valence-electron chi connectivity index (χ4n) is 2.82. The summed E-state index contributed by atoms with van der Waals surface area (Å²) in [5, 5.41) is 2.88. The number of hydrogen-bond acceptors (Lipinski definition) is 4. The average molecular weight is 334 g/mol. The lowest BCUT2D eigenvalue weighted by molar-refractivity contribution is -0.125. The standard InChI is InChI=1S/C16H16F2N4O2/c1-3-12(23)22-5-4-9(7-22)20-11-6-10-15(14(18)13(11)17)19-8-21(2)16(10)24/h3,6,8-9,20H,1,4-5,7H2,2H3. The van der Waals surface area contributed by atoms with Crippen LogP contribution in [0, 0.1) is 11.6 Å². The lowest BCUT2D eigenvalue weighted by Crippen LogP contribution is -2.30. The van der Waals surface area contributed by atoms with Crippen LogP contribution in [0.25, 0.3) is 10.9 Å². The Labute approximate surface area is 136 Å². The van der Waals surface area contributed by atoms with Crippen LogP contribution in [-0.2, 0) is 11.8 Å². The Morgan fingerprint density at radius 3 is 2.92 bits per heavy atom. The van der Waals surface area contributed by atoms with E-state index in [2.05, 4.69) is 16.9 Å². The molecular formula is C16H16F2N4O2. The van der Waals surface area contributed by atoms with Gasteiger partial charge >= 0.3 is 0 Å². The van der Waals surface area contributed by atoms with Gasteiger partial charge in [-0.05, 0) is 18.6 Å². The smallest absolute Gasteiger partial charge is 0.261 e. The number of likely N-dealkylation sites (tertiary alicyclic amines) is 1. The quantitative estimate of drug-likeness (QED) is 0.862. The first-order chi connectivity index (χ1) is 11.4. The van der Waals surface area contributed by atoms with E-state index < -0.39 is 17.2 Å². The number of anilines is 1. The molecule has 2 aromatic rings. The number of benzene rings is 1. The van der Waals surface area contributed by atoms with Gasteiger partial charge in [-0.25, -0.2) is 13.8 Å². The van der Waals surface area contributed by atoms with Crippen molar-refractivity contribution >= 4 is 22.5 Å². The number of nitrogens with one attached hydrogen (secondary N) is 1. The van der Waals surface area contributed by atoms with E-state index in [9.17, 15) is 18.4 Å². The molecule has 0 bridgehead atoms. The van der Waals surface area contributed by atoms with Crippen molar-refractivity contribution in [3.8, 4) is 0 Å². The SMILES string of the molecule is C=CC(=O)N1CCC(Nc2cc3c(=O)n(C)cnc3c(F)c2F)C1. The zero-order valence-electron chi connectivity index (χ0n) is 13.1. The highest BCUT2D eigenvalue weighted by atomic mass is 19.2. The predicted molar refractivity (Wildman–Crippen MR) is 85.7 cm³/mol. The summed E-state index contributed by atoms with van der Waals surface area (Å²) in [6.07, 6.45) is 2.95. The monoisotopic (exact) mass is 334 g/mol. The van der Waals surface area contributed by atoms with Crippen LogP contribution >= 0.6 is 0 Å². The van der Waals surface area contributed by atoms with E-state index in [0.717, 1.165) is 6.33 Å². The molecule has 0 spiro atoms. The molecule has 1 aliphatic rings. The Kier molecular flexibility index (Phi) is 4.04. The molecule has 126 valence electrons. The van der Waals surface area contributed by atoms with Gasteiger partial charge in [0.2, 0.25) is 5.91 Å². The van der Waals surface area contributed by atoms with E-state index in [-0.39, 0.29) is 28.5 Å². The van der Waals surface area contributed by atoms with Gasteiger partial charge < -0.3 is 14.8 Å². The summed E-state index contributed by atoms with van der Waals surface area (Å²) >= 11 is 0. The first-order valence-corrected chi connectivity index (χ1v) is 7.43. The summed E-state index contributed by atoms with van der Waals surface area (Å²) < 4.78 is 29.7. The number of halogens is 2. The van der Waals surface area contributed by atoms with Crippen LogP contribution in [0.1, 0.15) is 6.42 Å². The van der Waals surface area contributed by atoms with Crippen LogP contribution in [0.4, 0.5) is 14.5 Å². The summed E-state index contributed by atoms with van der Waals surface area (Å²) in [5.74, 6) is -2.45. The normalized spacial score (nSPS) is 17.3. The van der Waals surface area contributed by atoms with Crippen LogP contribution in [0.3, 0.4) is 0 Å². The fourth-order valence-corrected chi connectivity index (χ4v) is 2.82. The lowest BCUT2D eigenvalue weighted by Gasteiger charge is -2.17. The van der Waals surface area contributed by atoms with Crippen molar-refractivity contribution in [1.29, 1.82) is 0 Å². The minimum Gasteiger partial charge on any atom is -0.378 e. The molecule has 8 heteroatoms. The van der Waals surface area contributed by atoms with E-state index in [1.807, 2.05) is 0 Å². The summed E-state index contributed by atoms with van der Waals surface area (Å²) in [5.41, 5.74) is -0.865. The average Bonchev–Trinajstić information content (AvgIpc) is 3.04. The maximum absolute atomic E-state index is 14.3. The van der Waals surface area contributed by atoms with Gasteiger partial charge in [0.05, 0.1) is 17.4 Å². The van der Waals surface area contributed by atoms with Crippen molar-refractivity contribution in [1.82, 2.24) is 14.5 Å². The van der Waals surface area contributed by atoms with Gasteiger partial charge in [0.15, 0.2) is 11.6 Å². The second-order valence-electron chi connectivity index (χ2n) is 5.73. The Morgan fingerprint density at radius 2 is 2.21 bits per heavy atom. The summed E-state index contributed by atoms with van der Waals surface area (Å²) in [4.78, 5) is 29.0. The molecule has 0 radical (unpaired) electrons. The highest BCUT2D eigenvalue weighted by Gasteiger charge is 2.26. The molecule has 1 unspecified atom stereocenters. The van der Waals surface area contributed by atoms with Gasteiger partial charge in [-0.2, -0.15) is 0 Å². The zero-order valence-corrected chi connectivity index (χ0v) is 13.1. The van der Waals surface area contributed by atoms with E-state index in [4.69, 9.17) is 0 Å². The summed E-state index contributed by atoms with van der Waals surface area (Å²) in [6, 6.07) is 1.03. The third-order valence-corrected chi connectivity index (χ3v) is 4.13. The number of aryl methyl sites for hydroxylation is 1. The van der Waals surface area contributed by atoms with Crippen molar-refractivity contribution in [2.45, 2.75) is 12.5 Å². The van der Waals surface area contributed by atoms with Crippen LogP contribution in [0.5, 0.6) is 0 Å². The van der Waals surface area contributed by atoms with Crippen molar-refractivity contribution in [3.63, 3.8) is 0 Å². The number of hydrogen-bond donors (Lipinski definition) is 1. The largest absolute Gasteiger partial charge is 0.378 e. The van der Waals surface area contributed by atoms with Crippen LogP contribution < -0.4 is 10.9 Å². The number of aromatic nitrogens is 2. The van der Waals surface area contributed by atoms with Gasteiger partial charge in [0.1, 0.15) is 5.52 Å². The Bertz CT molecular complexity index is 894. The van der Waals surface area contributed by atoms with Crippen molar-refractivity contribution < 1.29 is 13.6 Å². The molecule has 1 atom stereocenters. The molecule has 24 heavy (non-hydrogen) atoms.